The van der Waals surface area contributed by atoms with Crippen molar-refractivity contribution in [1.29, 1.82) is 0 Å². The van der Waals surface area contributed by atoms with Gasteiger partial charge in [-0.25, -0.2) is 9.59 Å². The zero-order valence-corrected chi connectivity index (χ0v) is 12.1. The van der Waals surface area contributed by atoms with E-state index in [4.69, 9.17) is 5.11 Å². The van der Waals surface area contributed by atoms with E-state index in [1.165, 1.54) is 12.8 Å². The van der Waals surface area contributed by atoms with Crippen molar-refractivity contribution >= 4 is 12.0 Å². The molecule has 2 fully saturated rings. The monoisotopic (exact) mass is 283 g/mol. The van der Waals surface area contributed by atoms with Gasteiger partial charge in [0.2, 0.25) is 0 Å². The molecule has 0 aromatic carbocycles. The number of hydrogen-bond donors (Lipinski definition) is 3. The third-order valence-electron chi connectivity index (χ3n) is 4.32. The maximum absolute atomic E-state index is 11.7. The van der Waals surface area contributed by atoms with Crippen LogP contribution in [0.1, 0.15) is 32.1 Å². The third-order valence-corrected chi connectivity index (χ3v) is 4.32. The van der Waals surface area contributed by atoms with Gasteiger partial charge in [0, 0.05) is 6.54 Å². The Bertz CT molecular complexity index is 350. The zero-order valence-electron chi connectivity index (χ0n) is 12.1. The summed E-state index contributed by atoms with van der Waals surface area (Å²) in [6.45, 7) is 2.87. The van der Waals surface area contributed by atoms with Crippen LogP contribution >= 0.6 is 0 Å². The fourth-order valence-corrected chi connectivity index (χ4v) is 2.74. The maximum Gasteiger partial charge on any atom is 0.326 e. The summed E-state index contributed by atoms with van der Waals surface area (Å²) < 4.78 is 0. The van der Waals surface area contributed by atoms with Crippen molar-refractivity contribution in [1.82, 2.24) is 15.5 Å². The van der Waals surface area contributed by atoms with Crippen molar-refractivity contribution in [3.8, 4) is 0 Å². The summed E-state index contributed by atoms with van der Waals surface area (Å²) in [5.74, 6) is -0.143. The van der Waals surface area contributed by atoms with E-state index < -0.39 is 12.0 Å². The van der Waals surface area contributed by atoms with Crippen molar-refractivity contribution in [3.05, 3.63) is 0 Å². The predicted octanol–water partition coefficient (Wildman–Crippen LogP) is 0.881. The van der Waals surface area contributed by atoms with E-state index in [9.17, 15) is 9.59 Å². The fourth-order valence-electron chi connectivity index (χ4n) is 2.74. The average Bonchev–Trinajstić information content (AvgIpc) is 3.22. The first-order chi connectivity index (χ1) is 9.56. The molecule has 0 radical (unpaired) electrons. The van der Waals surface area contributed by atoms with Gasteiger partial charge in [-0.1, -0.05) is 0 Å². The molecule has 1 heterocycles. The Morgan fingerprint density at radius 2 is 1.90 bits per heavy atom. The minimum absolute atomic E-state index is 0.118. The van der Waals surface area contributed by atoms with Crippen molar-refractivity contribution in [2.45, 2.75) is 38.1 Å². The summed E-state index contributed by atoms with van der Waals surface area (Å²) in [7, 11) is 2.13. The van der Waals surface area contributed by atoms with E-state index in [2.05, 4.69) is 22.6 Å². The summed E-state index contributed by atoms with van der Waals surface area (Å²) in [4.78, 5) is 25.0. The molecule has 2 rings (SSSR count). The van der Waals surface area contributed by atoms with Crippen LogP contribution in [0.2, 0.25) is 0 Å². The lowest BCUT2D eigenvalue weighted by Gasteiger charge is -2.28. The number of carbonyl (C=O) groups excluding carboxylic acids is 1. The Morgan fingerprint density at radius 3 is 2.45 bits per heavy atom. The number of piperidine rings is 1. The SMILES string of the molecule is CN1CCC(CCNC(=O)NC(C(=O)O)C2CC2)CC1. The van der Waals surface area contributed by atoms with Gasteiger partial charge in [-0.3, -0.25) is 0 Å². The molecule has 1 atom stereocenters. The van der Waals surface area contributed by atoms with Crippen LogP contribution in [0.25, 0.3) is 0 Å². The number of aliphatic carboxylic acids is 1. The van der Waals surface area contributed by atoms with Gasteiger partial charge in [-0.05, 0) is 64.1 Å². The van der Waals surface area contributed by atoms with Gasteiger partial charge in [-0.15, -0.1) is 0 Å². The normalized spacial score (nSPS) is 22.2. The first-order valence-electron chi connectivity index (χ1n) is 7.52. The van der Waals surface area contributed by atoms with Crippen LogP contribution in [-0.2, 0) is 4.79 Å². The largest absolute Gasteiger partial charge is 0.480 e. The summed E-state index contributed by atoms with van der Waals surface area (Å²) in [6, 6.07) is -1.07. The number of likely N-dealkylation sites (tertiary alicyclic amines) is 1. The second kappa shape index (κ2) is 6.92. The minimum atomic E-state index is -0.932. The minimum Gasteiger partial charge on any atom is -0.480 e. The number of carbonyl (C=O) groups is 2. The van der Waals surface area contributed by atoms with Crippen LogP contribution < -0.4 is 10.6 Å². The molecule has 1 saturated heterocycles. The Balaban J connectivity index is 1.61. The zero-order chi connectivity index (χ0) is 14.5. The standard InChI is InChI=1S/C14H25N3O3/c1-17-8-5-10(6-9-17)4-7-15-14(20)16-12(13(18)19)11-2-3-11/h10-12H,2-9H2,1H3,(H,18,19)(H2,15,16,20). The van der Waals surface area contributed by atoms with Crippen LogP contribution in [-0.4, -0.2) is 54.7 Å². The first-order valence-corrected chi connectivity index (χ1v) is 7.52. The highest BCUT2D eigenvalue weighted by Gasteiger charge is 2.37. The van der Waals surface area contributed by atoms with Gasteiger partial charge in [0.15, 0.2) is 0 Å². The lowest BCUT2D eigenvalue weighted by Crippen LogP contribution is -2.47. The van der Waals surface area contributed by atoms with Crippen LogP contribution in [0.4, 0.5) is 4.79 Å². The average molecular weight is 283 g/mol. The molecule has 0 bridgehead atoms. The van der Waals surface area contributed by atoms with Gasteiger partial charge in [0.1, 0.15) is 6.04 Å². The molecule has 3 N–H and O–H groups in total. The molecular formula is C14H25N3O3. The van der Waals surface area contributed by atoms with Gasteiger partial charge < -0.3 is 20.6 Å². The van der Waals surface area contributed by atoms with E-state index in [0.29, 0.717) is 12.5 Å². The maximum atomic E-state index is 11.7. The fraction of sp³-hybridized carbons (Fsp3) is 0.857. The molecule has 1 saturated carbocycles. The summed E-state index contributed by atoms with van der Waals surface area (Å²) in [5.41, 5.74) is 0. The van der Waals surface area contributed by atoms with Gasteiger partial charge in [0.05, 0.1) is 0 Å². The van der Waals surface area contributed by atoms with Gasteiger partial charge >= 0.3 is 12.0 Å². The van der Waals surface area contributed by atoms with Crippen LogP contribution in [0.5, 0.6) is 0 Å². The van der Waals surface area contributed by atoms with E-state index >= 15 is 0 Å². The number of amides is 2. The second-order valence-corrected chi connectivity index (χ2v) is 6.09. The van der Waals surface area contributed by atoms with E-state index in [1.807, 2.05) is 0 Å². The molecule has 2 aliphatic rings. The number of hydrogen-bond acceptors (Lipinski definition) is 3. The molecule has 1 aliphatic heterocycles. The molecule has 1 aliphatic carbocycles. The van der Waals surface area contributed by atoms with Crippen molar-refractivity contribution in [3.63, 3.8) is 0 Å². The molecule has 0 spiro atoms. The van der Waals surface area contributed by atoms with E-state index in [-0.39, 0.29) is 11.9 Å². The van der Waals surface area contributed by atoms with Crippen LogP contribution in [0, 0.1) is 11.8 Å². The number of nitrogens with one attached hydrogen (secondary N) is 2. The summed E-state index contributed by atoms with van der Waals surface area (Å²) in [6.07, 6.45) is 5.13. The molecule has 0 aromatic rings. The molecule has 1 unspecified atom stereocenters. The topological polar surface area (TPSA) is 81.7 Å². The Labute approximate surface area is 119 Å². The number of urea groups is 1. The highest BCUT2D eigenvalue weighted by Crippen LogP contribution is 2.32. The van der Waals surface area contributed by atoms with E-state index in [1.54, 1.807) is 0 Å². The quantitative estimate of drug-likeness (QED) is 0.676. The Kier molecular flexibility index (Phi) is 5.23. The van der Waals surface area contributed by atoms with Crippen molar-refractivity contribution in [2.75, 3.05) is 26.7 Å². The summed E-state index contributed by atoms with van der Waals surface area (Å²) in [5, 5.41) is 14.4. The third kappa shape index (κ3) is 4.67. The molecule has 6 nitrogen and oxygen atoms in total. The lowest BCUT2D eigenvalue weighted by molar-refractivity contribution is -0.139. The molecule has 2 amide bonds. The molecule has 6 heteroatoms. The number of rotatable bonds is 6. The molecular weight excluding hydrogens is 258 g/mol. The Morgan fingerprint density at radius 1 is 1.25 bits per heavy atom. The van der Waals surface area contributed by atoms with Crippen molar-refractivity contribution in [2.24, 2.45) is 11.8 Å². The highest BCUT2D eigenvalue weighted by atomic mass is 16.4. The van der Waals surface area contributed by atoms with Gasteiger partial charge in [0.25, 0.3) is 0 Å². The number of carboxylic acid groups (broad SMARTS) is 1. The lowest BCUT2D eigenvalue weighted by atomic mass is 9.94. The number of carboxylic acids is 1. The molecule has 20 heavy (non-hydrogen) atoms. The van der Waals surface area contributed by atoms with E-state index in [0.717, 1.165) is 32.4 Å². The van der Waals surface area contributed by atoms with Crippen LogP contribution in [0.15, 0.2) is 0 Å². The highest BCUT2D eigenvalue weighted by molar-refractivity contribution is 5.83. The Hall–Kier alpha value is -1.30. The number of nitrogens with zero attached hydrogens (tertiary/aromatic N) is 1. The predicted molar refractivity (Wildman–Crippen MR) is 75.5 cm³/mol. The molecule has 0 aromatic heterocycles. The van der Waals surface area contributed by atoms with Crippen molar-refractivity contribution < 1.29 is 14.7 Å². The van der Waals surface area contributed by atoms with Crippen LogP contribution in [0.3, 0.4) is 0 Å². The van der Waals surface area contributed by atoms with Gasteiger partial charge in [-0.2, -0.15) is 0 Å². The molecule has 114 valence electrons. The summed E-state index contributed by atoms with van der Waals surface area (Å²) >= 11 is 0. The smallest absolute Gasteiger partial charge is 0.326 e. The second-order valence-electron chi connectivity index (χ2n) is 6.09. The first kappa shape index (κ1) is 15.1.